The Hall–Kier alpha value is -1.10. The third kappa shape index (κ3) is 2.02. The second kappa shape index (κ2) is 3.17. The molecule has 1 N–H and O–H groups in total. The van der Waals surface area contributed by atoms with Gasteiger partial charge >= 0.3 is 0 Å². The normalized spacial score (nSPS) is 9.70. The Morgan fingerprint density at radius 1 is 1.40 bits per heavy atom. The van der Waals surface area contributed by atoms with Gasteiger partial charge in [0.05, 0.1) is 0 Å². The van der Waals surface area contributed by atoms with E-state index in [0.717, 1.165) is 0 Å². The van der Waals surface area contributed by atoms with Gasteiger partial charge in [0.15, 0.2) is 0 Å². The van der Waals surface area contributed by atoms with Crippen LogP contribution in [0, 0.1) is 0 Å². The molecule has 1 aromatic heterocycles. The first kappa shape index (κ1) is 7.01. The molecular weight excluding hydrogens is 152 g/mol. The van der Waals surface area contributed by atoms with Crippen molar-refractivity contribution in [1.29, 1.82) is 0 Å². The van der Waals surface area contributed by atoms with Gasteiger partial charge < -0.3 is 0 Å². The summed E-state index contributed by atoms with van der Waals surface area (Å²) in [6.07, 6.45) is 1.52. The van der Waals surface area contributed by atoms with Gasteiger partial charge in [-0.25, -0.2) is 13.4 Å². The fourth-order valence-corrected chi connectivity index (χ4v) is 0.842. The van der Waals surface area contributed by atoms with Crippen LogP contribution in [0.1, 0.15) is 0 Å². The Morgan fingerprint density at radius 3 is 2.70 bits per heavy atom. The largest absolute Gasteiger partial charge is 0.270 e. The SMILES string of the molecule is O=[SH](=O)Nc1ccccn1. The van der Waals surface area contributed by atoms with Gasteiger partial charge in [0, 0.05) is 6.20 Å². The molecule has 0 unspecified atom stereocenters. The summed E-state index contributed by atoms with van der Waals surface area (Å²) >= 11 is 0. The number of pyridine rings is 1. The molecule has 1 rings (SSSR count). The highest BCUT2D eigenvalue weighted by Crippen LogP contribution is 1.97. The van der Waals surface area contributed by atoms with E-state index in [2.05, 4.69) is 9.71 Å². The Labute approximate surface area is 60.0 Å². The lowest BCUT2D eigenvalue weighted by Gasteiger charge is -1.92. The van der Waals surface area contributed by atoms with E-state index in [1.807, 2.05) is 0 Å². The summed E-state index contributed by atoms with van der Waals surface area (Å²) in [6.45, 7) is 0. The first-order valence-electron chi connectivity index (χ1n) is 2.61. The molecule has 0 saturated heterocycles. The number of nitrogens with zero attached hydrogens (tertiary/aromatic N) is 1. The molecule has 0 radical (unpaired) electrons. The fraction of sp³-hybridized carbons (Fsp3) is 0. The lowest BCUT2D eigenvalue weighted by molar-refractivity contribution is 0.619. The van der Waals surface area contributed by atoms with Crippen LogP contribution in [0.2, 0.25) is 0 Å². The summed E-state index contributed by atoms with van der Waals surface area (Å²) in [6, 6.07) is 4.99. The number of aromatic nitrogens is 1. The molecule has 0 saturated carbocycles. The number of rotatable bonds is 2. The molecule has 5 heteroatoms. The standard InChI is InChI=1S/C5H6N2O2S/c8-10(9)7-5-3-1-2-4-6-5/h1-4,10H,(H,6,7,8,9). The molecule has 0 aromatic carbocycles. The van der Waals surface area contributed by atoms with E-state index in [-0.39, 0.29) is 0 Å². The van der Waals surface area contributed by atoms with Crippen LogP contribution >= 0.6 is 0 Å². The molecular formula is C5H6N2O2S. The molecule has 10 heavy (non-hydrogen) atoms. The zero-order valence-corrected chi connectivity index (χ0v) is 5.91. The van der Waals surface area contributed by atoms with Crippen LogP contribution in [0.15, 0.2) is 24.4 Å². The van der Waals surface area contributed by atoms with Crippen LogP contribution in [-0.2, 0) is 10.9 Å². The molecule has 0 fully saturated rings. The minimum Gasteiger partial charge on any atom is -0.270 e. The summed E-state index contributed by atoms with van der Waals surface area (Å²) in [5, 5.41) is 0. The predicted octanol–water partition coefficient (Wildman–Crippen LogP) is 0.0199. The number of anilines is 1. The van der Waals surface area contributed by atoms with Crippen molar-refractivity contribution >= 4 is 16.7 Å². The first-order valence-corrected chi connectivity index (χ1v) is 3.79. The van der Waals surface area contributed by atoms with E-state index in [4.69, 9.17) is 0 Å². The Balaban J connectivity index is 2.77. The van der Waals surface area contributed by atoms with Crippen LogP contribution in [0.3, 0.4) is 0 Å². The van der Waals surface area contributed by atoms with Gasteiger partial charge in [0.2, 0.25) is 10.9 Å². The van der Waals surface area contributed by atoms with E-state index < -0.39 is 10.9 Å². The molecule has 0 aliphatic carbocycles. The molecule has 0 aliphatic rings. The fourth-order valence-electron chi connectivity index (χ4n) is 0.522. The topological polar surface area (TPSA) is 59.1 Å². The van der Waals surface area contributed by atoms with E-state index >= 15 is 0 Å². The van der Waals surface area contributed by atoms with Crippen LogP contribution in [0.4, 0.5) is 5.82 Å². The van der Waals surface area contributed by atoms with Crippen LogP contribution in [-0.4, -0.2) is 13.4 Å². The Morgan fingerprint density at radius 2 is 2.20 bits per heavy atom. The van der Waals surface area contributed by atoms with E-state index in [1.165, 1.54) is 6.20 Å². The summed E-state index contributed by atoms with van der Waals surface area (Å²) in [7, 11) is -2.59. The monoisotopic (exact) mass is 158 g/mol. The zero-order valence-electron chi connectivity index (χ0n) is 5.02. The van der Waals surface area contributed by atoms with Crippen molar-refractivity contribution in [1.82, 2.24) is 4.98 Å². The van der Waals surface area contributed by atoms with Gasteiger partial charge in [-0.05, 0) is 12.1 Å². The highest BCUT2D eigenvalue weighted by molar-refractivity contribution is 7.73. The molecule has 0 aliphatic heterocycles. The van der Waals surface area contributed by atoms with Crippen molar-refractivity contribution < 1.29 is 8.42 Å². The molecule has 4 nitrogen and oxygen atoms in total. The maximum atomic E-state index is 10.1. The zero-order chi connectivity index (χ0) is 7.40. The summed E-state index contributed by atoms with van der Waals surface area (Å²) in [5.41, 5.74) is 0. The van der Waals surface area contributed by atoms with E-state index in [9.17, 15) is 8.42 Å². The van der Waals surface area contributed by atoms with Crippen molar-refractivity contribution in [2.75, 3.05) is 4.72 Å². The summed E-state index contributed by atoms with van der Waals surface area (Å²) < 4.78 is 22.3. The maximum Gasteiger partial charge on any atom is 0.223 e. The molecule has 54 valence electrons. The number of hydrogen-bond acceptors (Lipinski definition) is 3. The Bertz CT molecular complexity index is 262. The second-order valence-electron chi connectivity index (χ2n) is 1.58. The van der Waals surface area contributed by atoms with Crippen molar-refractivity contribution in [2.24, 2.45) is 0 Å². The number of hydrogen-bond donors (Lipinski definition) is 2. The third-order valence-electron chi connectivity index (χ3n) is 0.871. The van der Waals surface area contributed by atoms with Crippen LogP contribution in [0.25, 0.3) is 0 Å². The lowest BCUT2D eigenvalue weighted by atomic mass is 10.5. The number of thiol groups is 1. The highest BCUT2D eigenvalue weighted by Gasteiger charge is 1.87. The quantitative estimate of drug-likeness (QED) is 0.596. The van der Waals surface area contributed by atoms with Gasteiger partial charge in [-0.1, -0.05) is 6.07 Å². The van der Waals surface area contributed by atoms with Crippen molar-refractivity contribution in [3.05, 3.63) is 24.4 Å². The molecule has 0 spiro atoms. The third-order valence-corrected chi connectivity index (χ3v) is 1.28. The average Bonchev–Trinajstić information content (AvgIpc) is 1.88. The average molecular weight is 158 g/mol. The molecule has 1 heterocycles. The molecule has 0 atom stereocenters. The van der Waals surface area contributed by atoms with Crippen molar-refractivity contribution in [3.63, 3.8) is 0 Å². The number of nitrogens with one attached hydrogen (secondary N) is 1. The molecule has 1 aromatic rings. The summed E-state index contributed by atoms with van der Waals surface area (Å²) in [5.74, 6) is 0.346. The second-order valence-corrected chi connectivity index (χ2v) is 2.32. The van der Waals surface area contributed by atoms with Crippen molar-refractivity contribution in [3.8, 4) is 0 Å². The molecule has 0 bridgehead atoms. The van der Waals surface area contributed by atoms with Gasteiger partial charge in [-0.2, -0.15) is 0 Å². The van der Waals surface area contributed by atoms with Gasteiger partial charge in [-0.3, -0.25) is 4.72 Å². The van der Waals surface area contributed by atoms with Crippen LogP contribution in [0.5, 0.6) is 0 Å². The minimum atomic E-state index is -2.59. The lowest BCUT2D eigenvalue weighted by Crippen LogP contribution is -1.95. The maximum absolute atomic E-state index is 10.1. The van der Waals surface area contributed by atoms with Gasteiger partial charge in [0.1, 0.15) is 5.82 Å². The van der Waals surface area contributed by atoms with E-state index in [0.29, 0.717) is 5.82 Å². The van der Waals surface area contributed by atoms with Gasteiger partial charge in [-0.15, -0.1) is 0 Å². The first-order chi connectivity index (χ1) is 4.79. The van der Waals surface area contributed by atoms with Gasteiger partial charge in [0.25, 0.3) is 0 Å². The Kier molecular flexibility index (Phi) is 2.22. The van der Waals surface area contributed by atoms with Crippen molar-refractivity contribution in [2.45, 2.75) is 0 Å². The highest BCUT2D eigenvalue weighted by atomic mass is 32.2. The van der Waals surface area contributed by atoms with E-state index in [1.54, 1.807) is 18.2 Å². The minimum absolute atomic E-state index is 0.346. The van der Waals surface area contributed by atoms with Crippen LogP contribution < -0.4 is 4.72 Å². The smallest absolute Gasteiger partial charge is 0.223 e. The summed E-state index contributed by atoms with van der Waals surface area (Å²) in [4.78, 5) is 3.72. The predicted molar refractivity (Wildman–Crippen MR) is 38.2 cm³/mol. The molecule has 0 amide bonds.